The number of nitrogens with one attached hydrogen (secondary N) is 1. The maximum absolute atomic E-state index is 11.5. The van der Waals surface area contributed by atoms with Gasteiger partial charge in [0.1, 0.15) is 0 Å². The predicted molar refractivity (Wildman–Crippen MR) is 89.5 cm³/mol. The Bertz CT molecular complexity index is 564. The third-order valence-corrected chi connectivity index (χ3v) is 4.02. The summed E-state index contributed by atoms with van der Waals surface area (Å²) in [5, 5.41) is 2.68. The molecule has 0 heterocycles. The fourth-order valence-corrected chi connectivity index (χ4v) is 2.35. The molecule has 23 heavy (non-hydrogen) atoms. The summed E-state index contributed by atoms with van der Waals surface area (Å²) in [6.45, 7) is 6.89. The van der Waals surface area contributed by atoms with Crippen molar-refractivity contribution >= 4 is 21.8 Å². The quantitative estimate of drug-likeness (QED) is 0.246. The molecular weight excluding hydrogens is 320 g/mol. The minimum absolute atomic E-state index is 0.243. The van der Waals surface area contributed by atoms with E-state index in [2.05, 4.69) is 11.9 Å². The van der Waals surface area contributed by atoms with Crippen LogP contribution in [0.15, 0.2) is 24.3 Å². The number of carbonyl (C=O) groups excluding carboxylic acids is 2. The summed E-state index contributed by atoms with van der Waals surface area (Å²) < 4.78 is 30.6. The van der Waals surface area contributed by atoms with Crippen LogP contribution in [0.2, 0.25) is 0 Å². The summed E-state index contributed by atoms with van der Waals surface area (Å²) in [5.74, 6) is -0.861. The molecule has 0 bridgehead atoms. The van der Waals surface area contributed by atoms with Crippen molar-refractivity contribution < 1.29 is 27.0 Å². The zero-order valence-corrected chi connectivity index (χ0v) is 14.9. The molecule has 0 aliphatic carbocycles. The molecule has 0 aromatic heterocycles. The first-order valence-electron chi connectivity index (χ1n) is 7.36. The Hall–Kier alpha value is -1.51. The number of allylic oxidation sites excluding steroid dienone is 2. The largest absolute Gasteiger partial charge is 0.352 e. The molecular formula is C15H27N2O5S+. The first-order chi connectivity index (χ1) is 10.4. The van der Waals surface area contributed by atoms with Crippen molar-refractivity contribution in [1.29, 1.82) is 0 Å². The van der Waals surface area contributed by atoms with Gasteiger partial charge in [-0.2, -0.15) is 8.42 Å². The second-order valence-corrected chi connectivity index (χ2v) is 7.72. The van der Waals surface area contributed by atoms with Crippen LogP contribution in [0.5, 0.6) is 0 Å². The molecule has 0 rings (SSSR count). The van der Waals surface area contributed by atoms with E-state index in [-0.39, 0.29) is 17.4 Å². The molecule has 8 heteroatoms. The second kappa shape index (κ2) is 9.59. The molecule has 0 fully saturated rings. The van der Waals surface area contributed by atoms with Crippen LogP contribution in [0, 0.1) is 0 Å². The van der Waals surface area contributed by atoms with E-state index < -0.39 is 10.1 Å². The maximum atomic E-state index is 11.5. The second-order valence-electron chi connectivity index (χ2n) is 6.15. The van der Waals surface area contributed by atoms with Crippen molar-refractivity contribution in [3.8, 4) is 0 Å². The lowest BCUT2D eigenvalue weighted by atomic mass is 10.2. The van der Waals surface area contributed by atoms with E-state index in [1.165, 1.54) is 12.2 Å². The fourth-order valence-electron chi connectivity index (χ4n) is 1.86. The van der Waals surface area contributed by atoms with E-state index >= 15 is 0 Å². The van der Waals surface area contributed by atoms with Gasteiger partial charge in [-0.1, -0.05) is 6.58 Å². The topological polar surface area (TPSA) is 101 Å². The SMILES string of the molecule is C=C(C)C(=O)C=CC(=O)NCCC[N+](C)(C)CCCS(=O)(=O)O. The van der Waals surface area contributed by atoms with Crippen LogP contribution in [0.4, 0.5) is 0 Å². The molecule has 0 aliphatic rings. The van der Waals surface area contributed by atoms with Crippen molar-refractivity contribution in [3.63, 3.8) is 0 Å². The standard InChI is InChI=1S/C15H26N2O5S/c1-13(2)14(18)7-8-15(19)16-9-5-10-17(3,4)11-6-12-23(20,21)22/h7-8H,1,5-6,9-12H2,2-4H3,(H-,16,19,20,21,22)/p+1. The van der Waals surface area contributed by atoms with Crippen LogP contribution < -0.4 is 5.32 Å². The van der Waals surface area contributed by atoms with Crippen molar-refractivity contribution in [2.45, 2.75) is 19.8 Å². The Kier molecular flexibility index (Phi) is 8.96. The van der Waals surface area contributed by atoms with Gasteiger partial charge in [0.05, 0.1) is 32.9 Å². The Morgan fingerprint density at radius 2 is 1.74 bits per heavy atom. The molecule has 0 saturated heterocycles. The number of hydrogen-bond donors (Lipinski definition) is 2. The normalized spacial score (nSPS) is 12.3. The van der Waals surface area contributed by atoms with E-state index in [1.54, 1.807) is 6.92 Å². The van der Waals surface area contributed by atoms with E-state index in [0.717, 1.165) is 6.54 Å². The molecule has 0 spiro atoms. The van der Waals surface area contributed by atoms with Gasteiger partial charge in [-0.25, -0.2) is 0 Å². The van der Waals surface area contributed by atoms with Gasteiger partial charge < -0.3 is 9.80 Å². The Morgan fingerprint density at radius 1 is 1.17 bits per heavy atom. The number of hydrogen-bond acceptors (Lipinski definition) is 4. The van der Waals surface area contributed by atoms with E-state index in [0.29, 0.717) is 36.0 Å². The van der Waals surface area contributed by atoms with E-state index in [1.807, 2.05) is 14.1 Å². The molecule has 0 aromatic carbocycles. The Labute approximate surface area is 138 Å². The summed E-state index contributed by atoms with van der Waals surface area (Å²) in [6.07, 6.45) is 3.47. The van der Waals surface area contributed by atoms with Gasteiger partial charge in [0.2, 0.25) is 5.91 Å². The van der Waals surface area contributed by atoms with Gasteiger partial charge in [-0.3, -0.25) is 14.1 Å². The number of amides is 1. The minimum Gasteiger partial charge on any atom is -0.352 e. The lowest BCUT2D eigenvalue weighted by Gasteiger charge is -2.29. The van der Waals surface area contributed by atoms with Gasteiger partial charge in [0, 0.05) is 25.5 Å². The first kappa shape index (κ1) is 21.5. The van der Waals surface area contributed by atoms with Gasteiger partial charge in [0.25, 0.3) is 10.1 Å². The lowest BCUT2D eigenvalue weighted by molar-refractivity contribution is -0.890. The van der Waals surface area contributed by atoms with Crippen molar-refractivity contribution in [3.05, 3.63) is 24.3 Å². The smallest absolute Gasteiger partial charge is 0.265 e. The van der Waals surface area contributed by atoms with Gasteiger partial charge in [-0.15, -0.1) is 0 Å². The molecule has 0 aliphatic heterocycles. The Balaban J connectivity index is 3.99. The predicted octanol–water partition coefficient (Wildman–Crippen LogP) is 0.548. The number of carbonyl (C=O) groups is 2. The molecule has 0 unspecified atom stereocenters. The summed E-state index contributed by atoms with van der Waals surface area (Å²) in [7, 11) is 0.000343. The summed E-state index contributed by atoms with van der Waals surface area (Å²) in [6, 6.07) is 0. The van der Waals surface area contributed by atoms with Gasteiger partial charge in [-0.05, 0) is 18.6 Å². The van der Waals surface area contributed by atoms with Crippen LogP contribution in [-0.2, 0) is 19.7 Å². The molecule has 0 aromatic rings. The number of nitrogens with zero attached hydrogens (tertiary/aromatic N) is 1. The first-order valence-corrected chi connectivity index (χ1v) is 8.97. The zero-order chi connectivity index (χ0) is 18.1. The zero-order valence-electron chi connectivity index (χ0n) is 14.0. The van der Waals surface area contributed by atoms with E-state index in [4.69, 9.17) is 4.55 Å². The molecule has 0 saturated carbocycles. The summed E-state index contributed by atoms with van der Waals surface area (Å²) in [4.78, 5) is 22.7. The Morgan fingerprint density at radius 3 is 2.26 bits per heavy atom. The molecule has 1 amide bonds. The minimum atomic E-state index is -3.91. The monoisotopic (exact) mass is 347 g/mol. The third-order valence-electron chi connectivity index (χ3n) is 3.21. The summed E-state index contributed by atoms with van der Waals surface area (Å²) >= 11 is 0. The third kappa shape index (κ3) is 12.7. The highest BCUT2D eigenvalue weighted by Gasteiger charge is 2.16. The van der Waals surface area contributed by atoms with Crippen molar-refractivity contribution in [2.75, 3.05) is 39.5 Å². The number of rotatable bonds is 11. The molecule has 0 radical (unpaired) electrons. The highest BCUT2D eigenvalue weighted by molar-refractivity contribution is 7.85. The van der Waals surface area contributed by atoms with Gasteiger partial charge in [0.15, 0.2) is 5.78 Å². The van der Waals surface area contributed by atoms with E-state index in [9.17, 15) is 18.0 Å². The maximum Gasteiger partial charge on any atom is 0.265 e. The van der Waals surface area contributed by atoms with Crippen LogP contribution >= 0.6 is 0 Å². The van der Waals surface area contributed by atoms with Crippen LogP contribution in [0.3, 0.4) is 0 Å². The van der Waals surface area contributed by atoms with Crippen LogP contribution in [-0.4, -0.2) is 68.6 Å². The molecule has 7 nitrogen and oxygen atoms in total. The molecule has 0 atom stereocenters. The van der Waals surface area contributed by atoms with Crippen molar-refractivity contribution in [1.82, 2.24) is 5.32 Å². The van der Waals surface area contributed by atoms with Crippen LogP contribution in [0.1, 0.15) is 19.8 Å². The number of quaternary nitrogens is 1. The molecule has 2 N–H and O–H groups in total. The lowest BCUT2D eigenvalue weighted by Crippen LogP contribution is -2.43. The highest BCUT2D eigenvalue weighted by atomic mass is 32.2. The average Bonchev–Trinajstić information content (AvgIpc) is 2.39. The molecule has 132 valence electrons. The van der Waals surface area contributed by atoms with Crippen LogP contribution in [0.25, 0.3) is 0 Å². The van der Waals surface area contributed by atoms with Gasteiger partial charge >= 0.3 is 0 Å². The van der Waals surface area contributed by atoms with Crippen molar-refractivity contribution in [2.24, 2.45) is 0 Å². The summed E-state index contributed by atoms with van der Waals surface area (Å²) in [5.41, 5.74) is 0.373. The fraction of sp³-hybridized carbons (Fsp3) is 0.600. The number of ketones is 1. The highest BCUT2D eigenvalue weighted by Crippen LogP contribution is 2.02. The average molecular weight is 347 g/mol.